The van der Waals surface area contributed by atoms with E-state index in [2.05, 4.69) is 0 Å². The van der Waals surface area contributed by atoms with Gasteiger partial charge in [-0.2, -0.15) is 0 Å². The van der Waals surface area contributed by atoms with E-state index in [1.54, 1.807) is 11.0 Å². The van der Waals surface area contributed by atoms with Crippen LogP contribution in [0.2, 0.25) is 0 Å². The predicted octanol–water partition coefficient (Wildman–Crippen LogP) is 3.26. The van der Waals surface area contributed by atoms with E-state index in [1.165, 1.54) is 4.90 Å². The van der Waals surface area contributed by atoms with Crippen LogP contribution in [0.5, 0.6) is 0 Å². The number of rotatable bonds is 2. The maximum Gasteiger partial charge on any atom is 0.256 e. The van der Waals surface area contributed by atoms with Crippen LogP contribution in [0.25, 0.3) is 0 Å². The molecule has 3 rings (SSSR count). The van der Waals surface area contributed by atoms with Crippen molar-refractivity contribution in [2.75, 3.05) is 26.2 Å². The summed E-state index contributed by atoms with van der Waals surface area (Å²) in [5, 5.41) is 0. The van der Waals surface area contributed by atoms with Gasteiger partial charge in [0.15, 0.2) is 0 Å². The molecule has 0 spiro atoms. The molecule has 0 bridgehead atoms. The molecule has 2 amide bonds. The minimum atomic E-state index is -0.869. The van der Waals surface area contributed by atoms with Crippen molar-refractivity contribution in [2.24, 2.45) is 0 Å². The summed E-state index contributed by atoms with van der Waals surface area (Å²) in [7, 11) is 0. The Balaban J connectivity index is 1.70. The van der Waals surface area contributed by atoms with Crippen molar-refractivity contribution >= 4 is 11.8 Å². The molecule has 2 aromatic rings. The molecule has 6 heteroatoms. The molecule has 4 nitrogen and oxygen atoms in total. The fourth-order valence-corrected chi connectivity index (χ4v) is 3.12. The summed E-state index contributed by atoms with van der Waals surface area (Å²) in [4.78, 5) is 28.4. The van der Waals surface area contributed by atoms with Gasteiger partial charge in [-0.1, -0.05) is 17.7 Å². The van der Waals surface area contributed by atoms with Crippen LogP contribution in [0.1, 0.15) is 32.7 Å². The standard InChI is InChI=1S/C20H20F2N2O2/c1-14-4-2-5-15(12-14)19(25)23-8-3-9-24(11-10-23)20(26)17-7-6-16(21)13-18(17)22/h2,4-7,12-13H,3,8-11H2,1H3. The fourth-order valence-electron chi connectivity index (χ4n) is 3.12. The van der Waals surface area contributed by atoms with Crippen molar-refractivity contribution in [3.05, 3.63) is 70.8 Å². The number of hydrogen-bond acceptors (Lipinski definition) is 2. The van der Waals surface area contributed by atoms with Crippen molar-refractivity contribution in [3.63, 3.8) is 0 Å². The molecule has 1 heterocycles. The molecule has 1 aliphatic rings. The van der Waals surface area contributed by atoms with Crippen LogP contribution < -0.4 is 0 Å². The molecule has 26 heavy (non-hydrogen) atoms. The Morgan fingerprint density at radius 1 is 0.885 bits per heavy atom. The summed E-state index contributed by atoms with van der Waals surface area (Å²) >= 11 is 0. The molecule has 0 aromatic heterocycles. The molecule has 0 atom stereocenters. The highest BCUT2D eigenvalue weighted by molar-refractivity contribution is 5.95. The van der Waals surface area contributed by atoms with Gasteiger partial charge in [-0.3, -0.25) is 9.59 Å². The Morgan fingerprint density at radius 2 is 1.58 bits per heavy atom. The smallest absolute Gasteiger partial charge is 0.256 e. The maximum absolute atomic E-state index is 13.9. The zero-order valence-electron chi connectivity index (χ0n) is 14.5. The van der Waals surface area contributed by atoms with Crippen LogP contribution >= 0.6 is 0 Å². The van der Waals surface area contributed by atoms with Crippen molar-refractivity contribution in [2.45, 2.75) is 13.3 Å². The van der Waals surface area contributed by atoms with Crippen LogP contribution in [0.4, 0.5) is 8.78 Å². The monoisotopic (exact) mass is 358 g/mol. The highest BCUT2D eigenvalue weighted by Crippen LogP contribution is 2.16. The molecule has 0 radical (unpaired) electrons. The highest BCUT2D eigenvalue weighted by atomic mass is 19.1. The Kier molecular flexibility index (Phi) is 5.30. The van der Waals surface area contributed by atoms with Gasteiger partial charge in [0, 0.05) is 37.8 Å². The van der Waals surface area contributed by atoms with Gasteiger partial charge in [0.2, 0.25) is 0 Å². The Bertz CT molecular complexity index is 838. The lowest BCUT2D eigenvalue weighted by atomic mass is 10.1. The SMILES string of the molecule is Cc1cccc(C(=O)N2CCCN(C(=O)c3ccc(F)cc3F)CC2)c1. The number of amides is 2. The van der Waals surface area contributed by atoms with Crippen LogP contribution in [0, 0.1) is 18.6 Å². The zero-order chi connectivity index (χ0) is 18.7. The summed E-state index contributed by atoms with van der Waals surface area (Å²) in [6.45, 7) is 3.57. The van der Waals surface area contributed by atoms with Gasteiger partial charge < -0.3 is 9.80 Å². The van der Waals surface area contributed by atoms with Gasteiger partial charge >= 0.3 is 0 Å². The van der Waals surface area contributed by atoms with E-state index in [4.69, 9.17) is 0 Å². The van der Waals surface area contributed by atoms with Crippen molar-refractivity contribution < 1.29 is 18.4 Å². The van der Waals surface area contributed by atoms with Crippen LogP contribution in [-0.4, -0.2) is 47.8 Å². The largest absolute Gasteiger partial charge is 0.337 e. The van der Waals surface area contributed by atoms with E-state index >= 15 is 0 Å². The van der Waals surface area contributed by atoms with Gasteiger partial charge in [0.1, 0.15) is 11.6 Å². The second kappa shape index (κ2) is 7.64. The summed E-state index contributed by atoms with van der Waals surface area (Å²) in [6.07, 6.45) is 0.603. The number of aryl methyl sites for hydroxylation is 1. The molecule has 0 N–H and O–H groups in total. The number of hydrogen-bond donors (Lipinski definition) is 0. The normalized spacial score (nSPS) is 14.9. The summed E-state index contributed by atoms with van der Waals surface area (Å²) in [5.74, 6) is -2.14. The molecule has 1 aliphatic heterocycles. The van der Waals surface area contributed by atoms with Gasteiger partial charge in [0.25, 0.3) is 11.8 Å². The third kappa shape index (κ3) is 3.90. The average Bonchev–Trinajstić information content (AvgIpc) is 2.87. The number of benzene rings is 2. The minimum Gasteiger partial charge on any atom is -0.337 e. The third-order valence-electron chi connectivity index (χ3n) is 4.50. The average molecular weight is 358 g/mol. The second-order valence-electron chi connectivity index (χ2n) is 6.43. The van der Waals surface area contributed by atoms with Crippen molar-refractivity contribution in [1.29, 1.82) is 0 Å². The molecule has 0 unspecified atom stereocenters. The molecule has 1 saturated heterocycles. The van der Waals surface area contributed by atoms with Gasteiger partial charge in [-0.15, -0.1) is 0 Å². The van der Waals surface area contributed by atoms with Gasteiger partial charge in [0.05, 0.1) is 5.56 Å². The number of carbonyl (C=O) groups is 2. The van der Waals surface area contributed by atoms with Crippen LogP contribution in [-0.2, 0) is 0 Å². The molecule has 136 valence electrons. The van der Waals surface area contributed by atoms with Crippen molar-refractivity contribution in [3.8, 4) is 0 Å². The van der Waals surface area contributed by atoms with E-state index < -0.39 is 17.5 Å². The van der Waals surface area contributed by atoms with E-state index in [0.717, 1.165) is 17.7 Å². The Labute approximate surface area is 151 Å². The van der Waals surface area contributed by atoms with E-state index in [-0.39, 0.29) is 11.5 Å². The number of carbonyl (C=O) groups excluding carboxylic acids is 2. The molecular weight excluding hydrogens is 338 g/mol. The maximum atomic E-state index is 13.9. The highest BCUT2D eigenvalue weighted by Gasteiger charge is 2.25. The summed E-state index contributed by atoms with van der Waals surface area (Å²) in [6, 6.07) is 10.3. The van der Waals surface area contributed by atoms with Crippen LogP contribution in [0.3, 0.4) is 0 Å². The topological polar surface area (TPSA) is 40.6 Å². The predicted molar refractivity (Wildman–Crippen MR) is 94.0 cm³/mol. The first kappa shape index (κ1) is 18.0. The molecule has 0 aliphatic carbocycles. The Hall–Kier alpha value is -2.76. The third-order valence-corrected chi connectivity index (χ3v) is 4.50. The number of nitrogens with zero attached hydrogens (tertiary/aromatic N) is 2. The van der Waals surface area contributed by atoms with Crippen LogP contribution in [0.15, 0.2) is 42.5 Å². The lowest BCUT2D eigenvalue weighted by molar-refractivity contribution is 0.0716. The summed E-state index contributed by atoms with van der Waals surface area (Å²) < 4.78 is 26.9. The molecule has 0 saturated carbocycles. The molecule has 2 aromatic carbocycles. The minimum absolute atomic E-state index is 0.0732. The summed E-state index contributed by atoms with van der Waals surface area (Å²) in [5.41, 5.74) is 1.48. The lowest BCUT2D eigenvalue weighted by Gasteiger charge is -2.22. The quantitative estimate of drug-likeness (QED) is 0.827. The number of halogens is 2. The van der Waals surface area contributed by atoms with E-state index in [9.17, 15) is 18.4 Å². The fraction of sp³-hybridized carbons (Fsp3) is 0.300. The molecular formula is C20H20F2N2O2. The van der Waals surface area contributed by atoms with E-state index in [0.29, 0.717) is 44.2 Å². The molecule has 1 fully saturated rings. The first-order chi connectivity index (χ1) is 12.5. The van der Waals surface area contributed by atoms with Gasteiger partial charge in [-0.25, -0.2) is 8.78 Å². The lowest BCUT2D eigenvalue weighted by Crippen LogP contribution is -2.37. The first-order valence-corrected chi connectivity index (χ1v) is 8.56. The van der Waals surface area contributed by atoms with Crippen molar-refractivity contribution in [1.82, 2.24) is 9.80 Å². The van der Waals surface area contributed by atoms with Gasteiger partial charge in [-0.05, 0) is 37.6 Å². The second-order valence-corrected chi connectivity index (χ2v) is 6.43. The van der Waals surface area contributed by atoms with E-state index in [1.807, 2.05) is 25.1 Å². The Morgan fingerprint density at radius 3 is 2.23 bits per heavy atom. The first-order valence-electron chi connectivity index (χ1n) is 8.56. The zero-order valence-corrected chi connectivity index (χ0v) is 14.5.